The van der Waals surface area contributed by atoms with Crippen LogP contribution in [0.1, 0.15) is 59.1 Å². The van der Waals surface area contributed by atoms with E-state index < -0.39 is 0 Å². The fraction of sp³-hybridized carbons (Fsp3) is 0.500. The summed E-state index contributed by atoms with van der Waals surface area (Å²) in [4.78, 5) is 12.7. The minimum Gasteiger partial charge on any atom is -0.396 e. The Bertz CT molecular complexity index is 779. The summed E-state index contributed by atoms with van der Waals surface area (Å²) in [5.41, 5.74) is 6.26. The van der Waals surface area contributed by atoms with Crippen LogP contribution in [0, 0.1) is 13.8 Å². The highest BCUT2D eigenvalue weighted by Gasteiger charge is 2.27. The zero-order valence-electron chi connectivity index (χ0n) is 15.3. The molecule has 2 N–H and O–H groups in total. The Labute approximate surface area is 149 Å². The molecule has 1 heterocycles. The van der Waals surface area contributed by atoms with Crippen molar-refractivity contribution in [2.75, 3.05) is 6.61 Å². The number of carbonyl (C=O) groups is 1. The van der Waals surface area contributed by atoms with Crippen LogP contribution in [0.25, 0.3) is 5.69 Å². The van der Waals surface area contributed by atoms with Gasteiger partial charge in [-0.1, -0.05) is 17.7 Å². The molecular formula is C20H27N3O2. The lowest BCUT2D eigenvalue weighted by Crippen LogP contribution is -2.33. The molecule has 0 saturated heterocycles. The van der Waals surface area contributed by atoms with Crippen molar-refractivity contribution < 1.29 is 9.90 Å². The Kier molecular flexibility index (Phi) is 5.23. The van der Waals surface area contributed by atoms with Gasteiger partial charge in [-0.15, -0.1) is 0 Å². The van der Waals surface area contributed by atoms with Crippen molar-refractivity contribution >= 4 is 5.91 Å². The SMILES string of the molecule is Cc1ccc(-n2nc(C(=O)NC(C)CCCO)c3c2CCC3)c(C)c1. The third kappa shape index (κ3) is 3.61. The maximum Gasteiger partial charge on any atom is 0.272 e. The highest BCUT2D eigenvalue weighted by atomic mass is 16.3. The van der Waals surface area contributed by atoms with Crippen molar-refractivity contribution in [1.82, 2.24) is 15.1 Å². The first-order valence-electron chi connectivity index (χ1n) is 9.11. The molecule has 134 valence electrons. The summed E-state index contributed by atoms with van der Waals surface area (Å²) < 4.78 is 1.96. The van der Waals surface area contributed by atoms with Crippen LogP contribution >= 0.6 is 0 Å². The van der Waals surface area contributed by atoms with Gasteiger partial charge in [0, 0.05) is 23.9 Å². The van der Waals surface area contributed by atoms with E-state index in [1.165, 1.54) is 16.8 Å². The number of amides is 1. The Balaban J connectivity index is 1.91. The lowest BCUT2D eigenvalue weighted by molar-refractivity contribution is 0.0930. The molecule has 0 fully saturated rings. The Morgan fingerprint density at radius 2 is 2.16 bits per heavy atom. The number of benzene rings is 1. The van der Waals surface area contributed by atoms with E-state index in [-0.39, 0.29) is 18.6 Å². The summed E-state index contributed by atoms with van der Waals surface area (Å²) in [6.07, 6.45) is 4.40. The molecule has 1 unspecified atom stereocenters. The van der Waals surface area contributed by atoms with Crippen LogP contribution in [0.3, 0.4) is 0 Å². The Morgan fingerprint density at radius 3 is 2.88 bits per heavy atom. The average molecular weight is 341 g/mol. The minimum absolute atomic E-state index is 0.0305. The van der Waals surface area contributed by atoms with Crippen LogP contribution in [0.15, 0.2) is 18.2 Å². The molecule has 1 aliphatic rings. The van der Waals surface area contributed by atoms with E-state index in [4.69, 9.17) is 5.11 Å². The summed E-state index contributed by atoms with van der Waals surface area (Å²) in [5.74, 6) is -0.105. The van der Waals surface area contributed by atoms with E-state index in [1.54, 1.807) is 0 Å². The van der Waals surface area contributed by atoms with Gasteiger partial charge in [0.25, 0.3) is 5.91 Å². The fourth-order valence-electron chi connectivity index (χ4n) is 3.62. The number of hydrogen-bond acceptors (Lipinski definition) is 3. The number of aliphatic hydroxyl groups excluding tert-OH is 1. The monoisotopic (exact) mass is 341 g/mol. The summed E-state index contributed by atoms with van der Waals surface area (Å²) in [5, 5.41) is 16.6. The maximum absolute atomic E-state index is 12.7. The van der Waals surface area contributed by atoms with Crippen LogP contribution in [0.4, 0.5) is 0 Å². The topological polar surface area (TPSA) is 67.2 Å². The van der Waals surface area contributed by atoms with Crippen molar-refractivity contribution in [3.05, 3.63) is 46.3 Å². The molecule has 0 spiro atoms. The third-order valence-electron chi connectivity index (χ3n) is 4.90. The molecule has 0 bridgehead atoms. The third-order valence-corrected chi connectivity index (χ3v) is 4.90. The van der Waals surface area contributed by atoms with Crippen molar-refractivity contribution in [3.63, 3.8) is 0 Å². The molecule has 1 aromatic carbocycles. The predicted octanol–water partition coefficient (Wildman–Crippen LogP) is 2.87. The summed E-state index contributed by atoms with van der Waals surface area (Å²) in [6, 6.07) is 6.35. The van der Waals surface area contributed by atoms with Crippen LogP contribution in [-0.4, -0.2) is 33.4 Å². The number of hydrogen-bond donors (Lipinski definition) is 2. The molecule has 0 saturated carbocycles. The second kappa shape index (κ2) is 7.40. The van der Waals surface area contributed by atoms with Gasteiger partial charge < -0.3 is 10.4 Å². The summed E-state index contributed by atoms with van der Waals surface area (Å²) >= 11 is 0. The fourth-order valence-corrected chi connectivity index (χ4v) is 3.62. The zero-order chi connectivity index (χ0) is 18.0. The molecule has 5 nitrogen and oxygen atoms in total. The first-order valence-corrected chi connectivity index (χ1v) is 9.11. The van der Waals surface area contributed by atoms with E-state index in [9.17, 15) is 4.79 Å². The molecular weight excluding hydrogens is 314 g/mol. The Morgan fingerprint density at radius 1 is 1.36 bits per heavy atom. The highest BCUT2D eigenvalue weighted by Crippen LogP contribution is 2.29. The second-order valence-corrected chi connectivity index (χ2v) is 7.07. The zero-order valence-corrected chi connectivity index (χ0v) is 15.3. The highest BCUT2D eigenvalue weighted by molar-refractivity contribution is 5.94. The number of fused-ring (bicyclic) bond motifs is 1. The van der Waals surface area contributed by atoms with E-state index in [0.717, 1.165) is 36.9 Å². The van der Waals surface area contributed by atoms with Gasteiger partial charge in [-0.25, -0.2) is 4.68 Å². The number of aryl methyl sites for hydroxylation is 2. The van der Waals surface area contributed by atoms with Gasteiger partial charge in [0.1, 0.15) is 0 Å². The van der Waals surface area contributed by atoms with Gasteiger partial charge in [0.2, 0.25) is 0 Å². The standard InChI is InChI=1S/C20H27N3O2/c1-13-9-10-17(14(2)12-13)23-18-8-4-7-16(18)19(22-23)20(25)21-15(3)6-5-11-24/h9-10,12,15,24H,4-8,11H2,1-3H3,(H,21,25). The number of nitrogens with one attached hydrogen (secondary N) is 1. The number of aromatic nitrogens is 2. The maximum atomic E-state index is 12.7. The van der Waals surface area contributed by atoms with Crippen molar-refractivity contribution in [1.29, 1.82) is 0 Å². The van der Waals surface area contributed by atoms with Gasteiger partial charge in [0.05, 0.1) is 5.69 Å². The van der Waals surface area contributed by atoms with E-state index in [0.29, 0.717) is 12.1 Å². The van der Waals surface area contributed by atoms with Crippen LogP contribution in [-0.2, 0) is 12.8 Å². The number of nitrogens with zero attached hydrogens (tertiary/aromatic N) is 2. The number of rotatable bonds is 6. The molecule has 1 atom stereocenters. The lowest BCUT2D eigenvalue weighted by atomic mass is 10.1. The molecule has 3 rings (SSSR count). The quantitative estimate of drug-likeness (QED) is 0.849. The molecule has 2 aromatic rings. The van der Waals surface area contributed by atoms with E-state index in [2.05, 4.69) is 42.5 Å². The average Bonchev–Trinajstić information content (AvgIpc) is 3.15. The van der Waals surface area contributed by atoms with E-state index in [1.807, 2.05) is 11.6 Å². The molecule has 0 aliphatic heterocycles. The lowest BCUT2D eigenvalue weighted by Gasteiger charge is -2.12. The van der Waals surface area contributed by atoms with Gasteiger partial charge in [-0.2, -0.15) is 5.10 Å². The van der Waals surface area contributed by atoms with Crippen molar-refractivity contribution in [2.45, 2.75) is 58.9 Å². The predicted molar refractivity (Wildman–Crippen MR) is 98.3 cm³/mol. The Hall–Kier alpha value is -2.14. The largest absolute Gasteiger partial charge is 0.396 e. The first kappa shape index (κ1) is 17.7. The summed E-state index contributed by atoms with van der Waals surface area (Å²) in [6.45, 7) is 6.28. The van der Waals surface area contributed by atoms with Gasteiger partial charge in [-0.05, 0) is 64.5 Å². The number of aliphatic hydroxyl groups is 1. The normalized spacial score (nSPS) is 14.4. The number of carbonyl (C=O) groups excluding carboxylic acids is 1. The molecule has 1 amide bonds. The van der Waals surface area contributed by atoms with Gasteiger partial charge in [-0.3, -0.25) is 4.79 Å². The molecule has 25 heavy (non-hydrogen) atoms. The molecule has 0 radical (unpaired) electrons. The van der Waals surface area contributed by atoms with E-state index >= 15 is 0 Å². The van der Waals surface area contributed by atoms with Crippen LogP contribution < -0.4 is 5.32 Å². The summed E-state index contributed by atoms with van der Waals surface area (Å²) in [7, 11) is 0. The molecule has 5 heteroatoms. The minimum atomic E-state index is -0.105. The van der Waals surface area contributed by atoms with Crippen LogP contribution in [0.5, 0.6) is 0 Å². The molecule has 1 aromatic heterocycles. The van der Waals surface area contributed by atoms with Crippen molar-refractivity contribution in [3.8, 4) is 5.69 Å². The van der Waals surface area contributed by atoms with Crippen molar-refractivity contribution in [2.24, 2.45) is 0 Å². The second-order valence-electron chi connectivity index (χ2n) is 7.07. The van der Waals surface area contributed by atoms with Gasteiger partial charge >= 0.3 is 0 Å². The smallest absolute Gasteiger partial charge is 0.272 e. The van der Waals surface area contributed by atoms with Crippen LogP contribution in [0.2, 0.25) is 0 Å². The first-order chi connectivity index (χ1) is 12.0. The molecule has 1 aliphatic carbocycles. The van der Waals surface area contributed by atoms with Gasteiger partial charge in [0.15, 0.2) is 5.69 Å².